The molecule has 2 N–H and O–H groups in total. The van der Waals surface area contributed by atoms with Crippen LogP contribution >= 0.6 is 0 Å². The predicted octanol–water partition coefficient (Wildman–Crippen LogP) is 4.45. The molecular weight excluding hydrogens is 265 g/mol. The molecule has 0 heterocycles. The average molecular weight is 293 g/mol. The zero-order valence-electron chi connectivity index (χ0n) is 13.7. The van der Waals surface area contributed by atoms with Gasteiger partial charge in [-0.25, -0.2) is 4.39 Å². The summed E-state index contributed by atoms with van der Waals surface area (Å²) in [7, 11) is 0. The maximum Gasteiger partial charge on any atom is 0.129 e. The molecule has 1 aromatic rings. The van der Waals surface area contributed by atoms with Crippen LogP contribution in [0, 0.1) is 24.1 Å². The van der Waals surface area contributed by atoms with Crippen LogP contribution in [0.25, 0.3) is 0 Å². The van der Waals surface area contributed by atoms with E-state index in [0.717, 1.165) is 25.7 Å². The van der Waals surface area contributed by atoms with Gasteiger partial charge in [-0.05, 0) is 49.1 Å². The molecule has 0 aliphatic heterocycles. The molecule has 0 saturated heterocycles. The van der Waals surface area contributed by atoms with Crippen molar-refractivity contribution < 1.29 is 9.13 Å². The van der Waals surface area contributed by atoms with Crippen molar-refractivity contribution in [2.45, 2.75) is 65.5 Å². The minimum atomic E-state index is -0.220. The lowest BCUT2D eigenvalue weighted by molar-refractivity contribution is 0.0500. The average Bonchev–Trinajstić information content (AvgIpc) is 2.45. The van der Waals surface area contributed by atoms with Crippen LogP contribution in [0.15, 0.2) is 18.2 Å². The van der Waals surface area contributed by atoms with Crippen molar-refractivity contribution in [1.82, 2.24) is 0 Å². The molecule has 3 atom stereocenters. The smallest absolute Gasteiger partial charge is 0.129 e. The number of benzene rings is 1. The third-order valence-corrected chi connectivity index (χ3v) is 5.29. The molecule has 0 radical (unpaired) electrons. The Kier molecular flexibility index (Phi) is 4.92. The number of hydrogen-bond acceptors (Lipinski definition) is 2. The van der Waals surface area contributed by atoms with Crippen LogP contribution in [0.3, 0.4) is 0 Å². The van der Waals surface area contributed by atoms with Gasteiger partial charge in [0.05, 0.1) is 0 Å². The van der Waals surface area contributed by atoms with Crippen LogP contribution in [-0.4, -0.2) is 12.1 Å². The van der Waals surface area contributed by atoms with Gasteiger partial charge >= 0.3 is 0 Å². The lowest BCUT2D eigenvalue weighted by Gasteiger charge is -2.41. The van der Waals surface area contributed by atoms with E-state index in [4.69, 9.17) is 10.5 Å². The highest BCUT2D eigenvalue weighted by atomic mass is 19.1. The Morgan fingerprint density at radius 1 is 1.33 bits per heavy atom. The molecule has 1 aliphatic rings. The third kappa shape index (κ3) is 3.76. The summed E-state index contributed by atoms with van der Waals surface area (Å²) < 4.78 is 19.6. The summed E-state index contributed by atoms with van der Waals surface area (Å²) in [6, 6.07) is 5.10. The summed E-state index contributed by atoms with van der Waals surface area (Å²) in [6.07, 6.45) is 4.23. The van der Waals surface area contributed by atoms with Crippen LogP contribution in [0.5, 0.6) is 5.75 Å². The van der Waals surface area contributed by atoms with Gasteiger partial charge in [-0.2, -0.15) is 0 Å². The van der Waals surface area contributed by atoms with Crippen molar-refractivity contribution in [3.8, 4) is 5.75 Å². The lowest BCUT2D eigenvalue weighted by Crippen LogP contribution is -2.46. The molecule has 3 heteroatoms. The molecule has 2 nitrogen and oxygen atoms in total. The lowest BCUT2D eigenvalue weighted by atomic mass is 9.68. The van der Waals surface area contributed by atoms with Crippen molar-refractivity contribution in [3.63, 3.8) is 0 Å². The summed E-state index contributed by atoms with van der Waals surface area (Å²) in [4.78, 5) is 0. The van der Waals surface area contributed by atoms with Crippen LogP contribution in [0.4, 0.5) is 4.39 Å². The number of hydrogen-bond donors (Lipinski definition) is 1. The normalized spacial score (nSPS) is 26.7. The molecule has 0 amide bonds. The van der Waals surface area contributed by atoms with Crippen LogP contribution in [0.1, 0.15) is 52.0 Å². The molecule has 0 spiro atoms. The van der Waals surface area contributed by atoms with E-state index in [1.165, 1.54) is 6.07 Å². The van der Waals surface area contributed by atoms with E-state index < -0.39 is 0 Å². The largest absolute Gasteiger partial charge is 0.489 e. The van der Waals surface area contributed by atoms with Crippen molar-refractivity contribution in [2.24, 2.45) is 17.1 Å². The molecule has 0 aromatic heterocycles. The highest BCUT2D eigenvalue weighted by Gasteiger charge is 2.37. The first-order valence-electron chi connectivity index (χ1n) is 8.02. The maximum absolute atomic E-state index is 13.6. The van der Waals surface area contributed by atoms with Crippen LogP contribution in [-0.2, 0) is 0 Å². The Bertz CT molecular complexity index is 486. The highest BCUT2D eigenvalue weighted by molar-refractivity contribution is 5.28. The van der Waals surface area contributed by atoms with Gasteiger partial charge < -0.3 is 10.5 Å². The second-order valence-electron chi connectivity index (χ2n) is 7.08. The molecule has 0 bridgehead atoms. The monoisotopic (exact) mass is 293 g/mol. The number of halogens is 1. The van der Waals surface area contributed by atoms with E-state index in [2.05, 4.69) is 20.8 Å². The standard InChI is InChI=1S/C18H28FNO/c1-5-18(3,4)13-7-9-16(20)17(10-13)21-14-8-6-12(2)15(19)11-14/h6,8,11,13,16-17H,5,7,9-10,20H2,1-4H3. The van der Waals surface area contributed by atoms with Gasteiger partial charge in [0.1, 0.15) is 17.7 Å². The van der Waals surface area contributed by atoms with Gasteiger partial charge in [0.2, 0.25) is 0 Å². The van der Waals surface area contributed by atoms with E-state index in [1.807, 2.05) is 6.07 Å². The first-order chi connectivity index (χ1) is 9.83. The van der Waals surface area contributed by atoms with Gasteiger partial charge in [0, 0.05) is 12.1 Å². The predicted molar refractivity (Wildman–Crippen MR) is 84.9 cm³/mol. The number of ether oxygens (including phenoxy) is 1. The molecule has 21 heavy (non-hydrogen) atoms. The third-order valence-electron chi connectivity index (χ3n) is 5.29. The topological polar surface area (TPSA) is 35.2 Å². The molecule has 3 unspecified atom stereocenters. The van der Waals surface area contributed by atoms with Gasteiger partial charge in [0.25, 0.3) is 0 Å². The fourth-order valence-corrected chi connectivity index (χ4v) is 3.11. The van der Waals surface area contributed by atoms with E-state index in [-0.39, 0.29) is 18.0 Å². The number of rotatable bonds is 4. The number of aryl methyl sites for hydroxylation is 1. The second-order valence-corrected chi connectivity index (χ2v) is 7.08. The van der Waals surface area contributed by atoms with E-state index >= 15 is 0 Å². The summed E-state index contributed by atoms with van der Waals surface area (Å²) >= 11 is 0. The van der Waals surface area contributed by atoms with Gasteiger partial charge in [-0.3, -0.25) is 0 Å². The molecule has 1 fully saturated rings. The molecule has 118 valence electrons. The molecule has 2 rings (SSSR count). The molecule has 1 aromatic carbocycles. The Morgan fingerprint density at radius 2 is 2.05 bits per heavy atom. The zero-order valence-corrected chi connectivity index (χ0v) is 13.7. The van der Waals surface area contributed by atoms with Gasteiger partial charge in [-0.1, -0.05) is 33.3 Å². The summed E-state index contributed by atoms with van der Waals surface area (Å²) in [6.45, 7) is 8.62. The SMILES string of the molecule is CCC(C)(C)C1CCC(N)C(Oc2ccc(C)c(F)c2)C1. The van der Waals surface area contributed by atoms with E-state index in [9.17, 15) is 4.39 Å². The minimum Gasteiger partial charge on any atom is -0.489 e. The summed E-state index contributed by atoms with van der Waals surface area (Å²) in [5.74, 6) is 0.985. The van der Waals surface area contributed by atoms with Crippen molar-refractivity contribution in [3.05, 3.63) is 29.6 Å². The highest BCUT2D eigenvalue weighted by Crippen LogP contribution is 2.41. The Balaban J connectivity index is 2.08. The van der Waals surface area contributed by atoms with Crippen molar-refractivity contribution in [2.75, 3.05) is 0 Å². The molecule has 1 aliphatic carbocycles. The number of nitrogens with two attached hydrogens (primary N) is 1. The Morgan fingerprint density at radius 3 is 2.67 bits per heavy atom. The first kappa shape index (κ1) is 16.3. The van der Waals surface area contributed by atoms with E-state index in [1.54, 1.807) is 13.0 Å². The fraction of sp³-hybridized carbons (Fsp3) is 0.667. The Labute approximate surface area is 127 Å². The summed E-state index contributed by atoms with van der Waals surface area (Å²) in [5.41, 5.74) is 7.17. The maximum atomic E-state index is 13.6. The fourth-order valence-electron chi connectivity index (χ4n) is 3.11. The minimum absolute atomic E-state index is 0.0170. The van der Waals surface area contributed by atoms with Crippen molar-refractivity contribution in [1.29, 1.82) is 0 Å². The zero-order chi connectivity index (χ0) is 15.6. The summed E-state index contributed by atoms with van der Waals surface area (Å²) in [5, 5.41) is 0. The van der Waals surface area contributed by atoms with Crippen LogP contribution < -0.4 is 10.5 Å². The van der Waals surface area contributed by atoms with Gasteiger partial charge in [-0.15, -0.1) is 0 Å². The van der Waals surface area contributed by atoms with Crippen LogP contribution in [0.2, 0.25) is 0 Å². The second kappa shape index (κ2) is 6.35. The first-order valence-corrected chi connectivity index (χ1v) is 8.02. The molecular formula is C18H28FNO. The van der Waals surface area contributed by atoms with Gasteiger partial charge in [0.15, 0.2) is 0 Å². The van der Waals surface area contributed by atoms with Crippen molar-refractivity contribution >= 4 is 0 Å². The Hall–Kier alpha value is -1.09. The molecule has 1 saturated carbocycles. The quantitative estimate of drug-likeness (QED) is 0.890. The van der Waals surface area contributed by atoms with E-state index in [0.29, 0.717) is 22.6 Å².